The van der Waals surface area contributed by atoms with Gasteiger partial charge in [0.2, 0.25) is 16.1 Å². The summed E-state index contributed by atoms with van der Waals surface area (Å²) in [4.78, 5) is 12.8. The molecule has 9 heteroatoms. The van der Waals surface area contributed by atoms with E-state index in [9.17, 15) is 13.2 Å². The predicted octanol–water partition coefficient (Wildman–Crippen LogP) is 1.80. The maximum absolute atomic E-state index is 12.8. The van der Waals surface area contributed by atoms with Gasteiger partial charge in [0.1, 0.15) is 12.4 Å². The average molecular weight is 432 g/mol. The lowest BCUT2D eigenvalue weighted by Gasteiger charge is -2.33. The van der Waals surface area contributed by atoms with E-state index in [1.807, 2.05) is 12.1 Å². The minimum absolute atomic E-state index is 0.111. The molecule has 2 aliphatic rings. The monoisotopic (exact) mass is 432 g/mol. The van der Waals surface area contributed by atoms with E-state index in [0.29, 0.717) is 43.2 Å². The minimum atomic E-state index is -3.57. The number of benzene rings is 2. The highest BCUT2D eigenvalue weighted by Gasteiger charge is 2.33. The number of para-hydroxylation sites is 2. The van der Waals surface area contributed by atoms with Gasteiger partial charge in [-0.2, -0.15) is 4.31 Å². The summed E-state index contributed by atoms with van der Waals surface area (Å²) in [5.74, 6) is 1.52. The Bertz CT molecular complexity index is 1000. The smallest absolute Gasteiger partial charge is 0.264 e. The van der Waals surface area contributed by atoms with Crippen molar-refractivity contribution >= 4 is 15.9 Å². The molecule has 1 atom stereocenters. The highest BCUT2D eigenvalue weighted by atomic mass is 32.2. The molecule has 1 saturated heterocycles. The number of hydrogen-bond donors (Lipinski definition) is 1. The number of rotatable bonds is 5. The van der Waals surface area contributed by atoms with Gasteiger partial charge in [-0.15, -0.1) is 0 Å². The zero-order valence-electron chi connectivity index (χ0n) is 16.6. The molecule has 2 aliphatic heterocycles. The van der Waals surface area contributed by atoms with Crippen LogP contribution in [0.4, 0.5) is 0 Å². The summed E-state index contributed by atoms with van der Waals surface area (Å²) in [5, 5.41) is 2.96. The van der Waals surface area contributed by atoms with Crippen molar-refractivity contribution in [2.24, 2.45) is 0 Å². The minimum Gasteiger partial charge on any atom is -0.497 e. The number of methoxy groups -OCH3 is 1. The number of nitrogens with zero attached hydrogens (tertiary/aromatic N) is 1. The van der Waals surface area contributed by atoms with Gasteiger partial charge < -0.3 is 19.5 Å². The van der Waals surface area contributed by atoms with Gasteiger partial charge in [-0.25, -0.2) is 8.42 Å². The van der Waals surface area contributed by atoms with Crippen LogP contribution >= 0.6 is 0 Å². The van der Waals surface area contributed by atoms with Crippen molar-refractivity contribution in [1.82, 2.24) is 9.62 Å². The number of nitrogens with one attached hydrogen (secondary N) is 1. The second-order valence-corrected chi connectivity index (χ2v) is 9.16. The van der Waals surface area contributed by atoms with Crippen molar-refractivity contribution in [1.29, 1.82) is 0 Å². The van der Waals surface area contributed by atoms with Crippen LogP contribution in [0.5, 0.6) is 17.2 Å². The first kappa shape index (κ1) is 20.5. The number of carbonyl (C=O) groups excluding carboxylic acids is 1. The molecule has 0 aromatic heterocycles. The van der Waals surface area contributed by atoms with Gasteiger partial charge in [0, 0.05) is 19.1 Å². The Hall–Kier alpha value is -2.78. The van der Waals surface area contributed by atoms with Crippen molar-refractivity contribution in [2.45, 2.75) is 29.9 Å². The van der Waals surface area contributed by atoms with E-state index in [1.165, 1.54) is 11.4 Å². The second-order valence-electron chi connectivity index (χ2n) is 7.23. The molecule has 1 N–H and O–H groups in total. The van der Waals surface area contributed by atoms with Gasteiger partial charge in [-0.05, 0) is 49.2 Å². The maximum Gasteiger partial charge on any atom is 0.264 e. The number of carbonyl (C=O) groups is 1. The van der Waals surface area contributed by atoms with E-state index < -0.39 is 16.1 Å². The number of amides is 1. The standard InChI is InChI=1S/C21H24N2O6S/c1-27-16-6-8-17(9-7-16)30(25,26)23-12-10-15(11-13-23)22-21(24)20-14-28-18-4-2-3-5-19(18)29-20/h2-9,15,20H,10-14H2,1H3,(H,22,24). The number of sulfonamides is 1. The third-order valence-electron chi connectivity index (χ3n) is 5.30. The summed E-state index contributed by atoms with van der Waals surface area (Å²) in [6.07, 6.45) is 0.345. The van der Waals surface area contributed by atoms with Gasteiger partial charge in [0.15, 0.2) is 11.5 Å². The first-order chi connectivity index (χ1) is 14.5. The van der Waals surface area contributed by atoms with Gasteiger partial charge in [-0.1, -0.05) is 12.1 Å². The molecule has 0 radical (unpaired) electrons. The number of hydrogen-bond acceptors (Lipinski definition) is 6. The molecule has 8 nitrogen and oxygen atoms in total. The Kier molecular flexibility index (Phi) is 5.83. The van der Waals surface area contributed by atoms with Crippen molar-refractivity contribution in [3.05, 3.63) is 48.5 Å². The average Bonchev–Trinajstić information content (AvgIpc) is 2.79. The van der Waals surface area contributed by atoms with Crippen molar-refractivity contribution in [3.63, 3.8) is 0 Å². The van der Waals surface area contributed by atoms with Crippen LogP contribution in [-0.4, -0.2) is 57.6 Å². The lowest BCUT2D eigenvalue weighted by atomic mass is 10.1. The van der Waals surface area contributed by atoms with Crippen LogP contribution in [0.15, 0.2) is 53.4 Å². The molecule has 0 spiro atoms. The fourth-order valence-corrected chi connectivity index (χ4v) is 5.05. The Balaban J connectivity index is 1.31. The topological polar surface area (TPSA) is 94.2 Å². The Morgan fingerprint density at radius 1 is 1.07 bits per heavy atom. The molecule has 4 rings (SSSR count). The number of piperidine rings is 1. The van der Waals surface area contributed by atoms with Crippen molar-refractivity contribution in [3.8, 4) is 17.2 Å². The lowest BCUT2D eigenvalue weighted by molar-refractivity contribution is -0.131. The first-order valence-corrected chi connectivity index (χ1v) is 11.2. The van der Waals surface area contributed by atoms with Crippen LogP contribution < -0.4 is 19.5 Å². The van der Waals surface area contributed by atoms with Crippen LogP contribution in [0.1, 0.15) is 12.8 Å². The van der Waals surface area contributed by atoms with E-state index in [2.05, 4.69) is 5.32 Å². The molecule has 2 aromatic carbocycles. The summed E-state index contributed by atoms with van der Waals surface area (Å²) >= 11 is 0. The fourth-order valence-electron chi connectivity index (χ4n) is 3.58. The zero-order chi connectivity index (χ0) is 21.1. The van der Waals surface area contributed by atoms with Gasteiger partial charge in [-0.3, -0.25) is 4.79 Å². The predicted molar refractivity (Wildman–Crippen MR) is 109 cm³/mol. The van der Waals surface area contributed by atoms with E-state index in [4.69, 9.17) is 14.2 Å². The number of ether oxygens (including phenoxy) is 3. The molecule has 1 unspecified atom stereocenters. The SMILES string of the molecule is COc1ccc(S(=O)(=O)N2CCC(NC(=O)C3COc4ccccc4O3)CC2)cc1. The Morgan fingerprint density at radius 2 is 1.73 bits per heavy atom. The van der Waals surface area contributed by atoms with Gasteiger partial charge >= 0.3 is 0 Å². The van der Waals surface area contributed by atoms with Crippen molar-refractivity contribution < 1.29 is 27.4 Å². The summed E-state index contributed by atoms with van der Waals surface area (Å²) in [5.41, 5.74) is 0. The van der Waals surface area contributed by atoms with Crippen LogP contribution in [0.2, 0.25) is 0 Å². The maximum atomic E-state index is 12.8. The molecular weight excluding hydrogens is 408 g/mol. The summed E-state index contributed by atoms with van der Waals surface area (Å²) < 4.78 is 43.5. The molecule has 0 aliphatic carbocycles. The molecule has 0 saturated carbocycles. The molecule has 30 heavy (non-hydrogen) atoms. The zero-order valence-corrected chi connectivity index (χ0v) is 17.4. The molecule has 2 heterocycles. The van der Waals surface area contributed by atoms with Crippen LogP contribution in [0.3, 0.4) is 0 Å². The van der Waals surface area contributed by atoms with Crippen LogP contribution in [-0.2, 0) is 14.8 Å². The van der Waals surface area contributed by atoms with E-state index >= 15 is 0 Å². The molecule has 1 amide bonds. The van der Waals surface area contributed by atoms with Crippen molar-refractivity contribution in [2.75, 3.05) is 26.8 Å². The number of fused-ring (bicyclic) bond motifs is 1. The normalized spacial score (nSPS) is 19.8. The largest absolute Gasteiger partial charge is 0.497 e. The fraction of sp³-hybridized carbons (Fsp3) is 0.381. The van der Waals surface area contributed by atoms with Gasteiger partial charge in [0.25, 0.3) is 5.91 Å². The molecule has 0 bridgehead atoms. The Labute approximate surface area is 175 Å². The third-order valence-corrected chi connectivity index (χ3v) is 7.21. The van der Waals surface area contributed by atoms with E-state index in [-0.39, 0.29) is 23.5 Å². The van der Waals surface area contributed by atoms with E-state index in [1.54, 1.807) is 36.4 Å². The van der Waals surface area contributed by atoms with Gasteiger partial charge in [0.05, 0.1) is 12.0 Å². The third kappa shape index (κ3) is 4.22. The summed E-state index contributed by atoms with van der Waals surface area (Å²) in [6, 6.07) is 13.5. The summed E-state index contributed by atoms with van der Waals surface area (Å²) in [6.45, 7) is 0.821. The molecular formula is C21H24N2O6S. The quantitative estimate of drug-likeness (QED) is 0.774. The Morgan fingerprint density at radius 3 is 2.40 bits per heavy atom. The molecule has 1 fully saturated rings. The highest BCUT2D eigenvalue weighted by molar-refractivity contribution is 7.89. The van der Waals surface area contributed by atoms with Crippen LogP contribution in [0.25, 0.3) is 0 Å². The second kappa shape index (κ2) is 8.53. The molecule has 160 valence electrons. The molecule has 2 aromatic rings. The lowest BCUT2D eigenvalue weighted by Crippen LogP contribution is -2.51. The van der Waals surface area contributed by atoms with Crippen LogP contribution in [0, 0.1) is 0 Å². The first-order valence-electron chi connectivity index (χ1n) is 9.80. The van der Waals surface area contributed by atoms with E-state index in [0.717, 1.165) is 0 Å². The summed E-state index contributed by atoms with van der Waals surface area (Å²) in [7, 11) is -2.04. The highest BCUT2D eigenvalue weighted by Crippen LogP contribution is 2.31.